The predicted molar refractivity (Wildman–Crippen MR) is 66.7 cm³/mol. The number of nitrogens with zero attached hydrogens (tertiary/aromatic N) is 1. The molecule has 2 atom stereocenters. The van der Waals surface area contributed by atoms with E-state index in [1.807, 2.05) is 0 Å². The second-order valence-electron chi connectivity index (χ2n) is 5.20. The molecule has 0 aliphatic carbocycles. The number of rotatable bonds is 4. The van der Waals surface area contributed by atoms with Crippen LogP contribution in [-0.2, 0) is 16.1 Å². The molecule has 1 aromatic carbocycles. The molecule has 1 amide bonds. The zero-order valence-electron chi connectivity index (χ0n) is 11.3. The van der Waals surface area contributed by atoms with Crippen LogP contribution in [0.2, 0.25) is 0 Å². The van der Waals surface area contributed by atoms with Gasteiger partial charge < -0.3 is 10.0 Å². The van der Waals surface area contributed by atoms with E-state index in [1.54, 1.807) is 6.92 Å². The van der Waals surface area contributed by atoms with E-state index in [0.29, 0.717) is 0 Å². The van der Waals surface area contributed by atoms with Gasteiger partial charge in [-0.25, -0.2) is 13.2 Å². The molecule has 2 unspecified atom stereocenters. The minimum atomic E-state index is -1.60. The molecule has 0 bridgehead atoms. The van der Waals surface area contributed by atoms with Crippen LogP contribution in [0.15, 0.2) is 12.1 Å². The molecule has 114 valence electrons. The molecule has 0 radical (unpaired) electrons. The van der Waals surface area contributed by atoms with Crippen molar-refractivity contribution >= 4 is 11.9 Å². The van der Waals surface area contributed by atoms with Crippen LogP contribution in [-0.4, -0.2) is 27.9 Å². The maximum Gasteiger partial charge on any atom is 0.305 e. The number of halogens is 3. The number of hydrogen-bond acceptors (Lipinski definition) is 2. The van der Waals surface area contributed by atoms with E-state index in [1.165, 1.54) is 4.90 Å². The molecular formula is C14H14F3NO3. The second-order valence-corrected chi connectivity index (χ2v) is 5.20. The van der Waals surface area contributed by atoms with E-state index in [9.17, 15) is 22.8 Å². The topological polar surface area (TPSA) is 57.6 Å². The Kier molecular flexibility index (Phi) is 4.20. The number of benzene rings is 1. The molecule has 1 heterocycles. The number of carboxylic acid groups (broad SMARTS) is 1. The summed E-state index contributed by atoms with van der Waals surface area (Å²) >= 11 is 0. The Morgan fingerprint density at radius 1 is 1.33 bits per heavy atom. The van der Waals surface area contributed by atoms with Crippen molar-refractivity contribution in [1.29, 1.82) is 0 Å². The Bertz CT molecular complexity index is 591. The van der Waals surface area contributed by atoms with Gasteiger partial charge in [-0.2, -0.15) is 0 Å². The molecule has 0 saturated carbocycles. The minimum absolute atomic E-state index is 0.156. The zero-order valence-corrected chi connectivity index (χ0v) is 11.3. The van der Waals surface area contributed by atoms with Crippen molar-refractivity contribution in [3.8, 4) is 0 Å². The Balaban J connectivity index is 2.26. The van der Waals surface area contributed by atoms with Gasteiger partial charge in [0.2, 0.25) is 5.91 Å². The number of carboxylic acids is 1. The Morgan fingerprint density at radius 2 is 2.00 bits per heavy atom. The lowest BCUT2D eigenvalue weighted by Crippen LogP contribution is -2.36. The lowest BCUT2D eigenvalue weighted by atomic mass is 10.00. The highest BCUT2D eigenvalue weighted by Gasteiger charge is 2.38. The van der Waals surface area contributed by atoms with Crippen molar-refractivity contribution in [2.75, 3.05) is 0 Å². The molecule has 1 N–H and O–H groups in total. The van der Waals surface area contributed by atoms with E-state index >= 15 is 0 Å². The van der Waals surface area contributed by atoms with Gasteiger partial charge in [-0.3, -0.25) is 9.59 Å². The molecule has 7 heteroatoms. The molecule has 2 rings (SSSR count). The van der Waals surface area contributed by atoms with Crippen LogP contribution in [0.1, 0.15) is 25.3 Å². The van der Waals surface area contributed by atoms with Crippen LogP contribution in [0.3, 0.4) is 0 Å². The third-order valence-corrected chi connectivity index (χ3v) is 3.71. The largest absolute Gasteiger partial charge is 0.481 e. The molecular weight excluding hydrogens is 287 g/mol. The standard InChI is InChI=1S/C14H14F3NO3/c1-7-4-11(19)18(10(7)5-12(20)21)6-8-2-3-9(15)14(17)13(8)16/h2-3,7,10H,4-6H2,1H3,(H,20,21). The van der Waals surface area contributed by atoms with Gasteiger partial charge in [0.05, 0.1) is 6.42 Å². The summed E-state index contributed by atoms with van der Waals surface area (Å²) in [6, 6.07) is 1.26. The summed E-state index contributed by atoms with van der Waals surface area (Å²) in [6.07, 6.45) is -0.110. The molecule has 1 aliphatic heterocycles. The lowest BCUT2D eigenvalue weighted by Gasteiger charge is -2.26. The average molecular weight is 301 g/mol. The minimum Gasteiger partial charge on any atom is -0.481 e. The maximum atomic E-state index is 13.7. The molecule has 1 aromatic rings. The SMILES string of the molecule is CC1CC(=O)N(Cc2ccc(F)c(F)c2F)C1CC(=O)O. The first-order chi connectivity index (χ1) is 9.81. The van der Waals surface area contributed by atoms with E-state index in [-0.39, 0.29) is 36.8 Å². The summed E-state index contributed by atoms with van der Waals surface area (Å²) in [5.74, 6) is -5.84. The lowest BCUT2D eigenvalue weighted by molar-refractivity contribution is -0.139. The van der Waals surface area contributed by atoms with Gasteiger partial charge >= 0.3 is 5.97 Å². The Hall–Kier alpha value is -2.05. The van der Waals surface area contributed by atoms with E-state index in [2.05, 4.69) is 0 Å². The monoisotopic (exact) mass is 301 g/mol. The molecule has 21 heavy (non-hydrogen) atoms. The first-order valence-electron chi connectivity index (χ1n) is 6.45. The van der Waals surface area contributed by atoms with E-state index in [4.69, 9.17) is 5.11 Å². The molecule has 0 aromatic heterocycles. The van der Waals surface area contributed by atoms with Gasteiger partial charge in [0, 0.05) is 24.6 Å². The van der Waals surface area contributed by atoms with Gasteiger partial charge in [0.25, 0.3) is 0 Å². The number of amides is 1. The molecule has 1 saturated heterocycles. The normalized spacial score (nSPS) is 21.9. The van der Waals surface area contributed by atoms with Gasteiger partial charge in [0.1, 0.15) is 0 Å². The molecule has 1 aliphatic rings. The molecule has 1 fully saturated rings. The van der Waals surface area contributed by atoms with Crippen LogP contribution in [0.25, 0.3) is 0 Å². The Labute approximate surface area is 119 Å². The number of likely N-dealkylation sites (tertiary alicyclic amines) is 1. The average Bonchev–Trinajstić information content (AvgIpc) is 2.65. The summed E-state index contributed by atoms with van der Waals surface area (Å²) in [4.78, 5) is 24.0. The summed E-state index contributed by atoms with van der Waals surface area (Å²) in [5.41, 5.74) is -0.174. The van der Waals surface area contributed by atoms with Crippen molar-refractivity contribution in [3.05, 3.63) is 35.1 Å². The maximum absolute atomic E-state index is 13.7. The van der Waals surface area contributed by atoms with Gasteiger partial charge in [-0.1, -0.05) is 13.0 Å². The highest BCUT2D eigenvalue weighted by Crippen LogP contribution is 2.30. The number of carbonyl (C=O) groups is 2. The highest BCUT2D eigenvalue weighted by atomic mass is 19.2. The van der Waals surface area contributed by atoms with E-state index in [0.717, 1.165) is 12.1 Å². The fraction of sp³-hybridized carbons (Fsp3) is 0.429. The van der Waals surface area contributed by atoms with E-state index < -0.39 is 29.5 Å². The zero-order chi connectivity index (χ0) is 15.7. The summed E-state index contributed by atoms with van der Waals surface area (Å²) in [5, 5.41) is 8.88. The van der Waals surface area contributed by atoms with Crippen molar-refractivity contribution < 1.29 is 27.9 Å². The first kappa shape index (κ1) is 15.3. The number of aliphatic carboxylic acids is 1. The van der Waals surface area contributed by atoms with Crippen LogP contribution in [0.5, 0.6) is 0 Å². The number of hydrogen-bond donors (Lipinski definition) is 1. The summed E-state index contributed by atoms with van der Waals surface area (Å²) < 4.78 is 39.7. The fourth-order valence-corrected chi connectivity index (χ4v) is 2.59. The van der Waals surface area contributed by atoms with Crippen molar-refractivity contribution in [1.82, 2.24) is 4.90 Å². The van der Waals surface area contributed by atoms with Gasteiger partial charge in [-0.05, 0) is 12.0 Å². The van der Waals surface area contributed by atoms with Gasteiger partial charge in [-0.15, -0.1) is 0 Å². The van der Waals surface area contributed by atoms with Crippen LogP contribution in [0, 0.1) is 23.4 Å². The quantitative estimate of drug-likeness (QED) is 0.868. The van der Waals surface area contributed by atoms with Crippen LogP contribution >= 0.6 is 0 Å². The molecule has 0 spiro atoms. The first-order valence-corrected chi connectivity index (χ1v) is 6.45. The third-order valence-electron chi connectivity index (χ3n) is 3.71. The van der Waals surface area contributed by atoms with Crippen LogP contribution in [0.4, 0.5) is 13.2 Å². The smallest absolute Gasteiger partial charge is 0.305 e. The predicted octanol–water partition coefficient (Wildman–Crippen LogP) is 2.32. The van der Waals surface area contributed by atoms with Gasteiger partial charge in [0.15, 0.2) is 17.5 Å². The third kappa shape index (κ3) is 3.01. The summed E-state index contributed by atoms with van der Waals surface area (Å²) in [6.45, 7) is 1.46. The Morgan fingerprint density at radius 3 is 2.62 bits per heavy atom. The second kappa shape index (κ2) is 5.75. The van der Waals surface area contributed by atoms with Crippen LogP contribution < -0.4 is 0 Å². The van der Waals surface area contributed by atoms with Crippen molar-refractivity contribution in [3.63, 3.8) is 0 Å². The molecule has 4 nitrogen and oxygen atoms in total. The highest BCUT2D eigenvalue weighted by molar-refractivity contribution is 5.80. The number of carbonyl (C=O) groups excluding carboxylic acids is 1. The van der Waals surface area contributed by atoms with Crippen molar-refractivity contribution in [2.24, 2.45) is 5.92 Å². The van der Waals surface area contributed by atoms with Crippen molar-refractivity contribution in [2.45, 2.75) is 32.4 Å². The summed E-state index contributed by atoms with van der Waals surface area (Å²) in [7, 11) is 0. The fourth-order valence-electron chi connectivity index (χ4n) is 2.59.